The van der Waals surface area contributed by atoms with Gasteiger partial charge in [-0.05, 0) is 49.9 Å². The Morgan fingerprint density at radius 3 is 2.35 bits per heavy atom. The highest BCUT2D eigenvalue weighted by Crippen LogP contribution is 2.33. The van der Waals surface area contributed by atoms with Crippen molar-refractivity contribution in [2.45, 2.75) is 13.8 Å². The number of hydrogen-bond acceptors (Lipinski definition) is 3. The third kappa shape index (κ3) is 2.02. The van der Waals surface area contributed by atoms with Gasteiger partial charge in [0.05, 0.1) is 10.0 Å². The molecule has 0 unspecified atom stereocenters. The summed E-state index contributed by atoms with van der Waals surface area (Å²) in [4.78, 5) is 28.4. The van der Waals surface area contributed by atoms with Gasteiger partial charge >= 0.3 is 0 Å². The molecule has 1 heterocycles. The van der Waals surface area contributed by atoms with Gasteiger partial charge in [-0.15, -0.1) is 0 Å². The van der Waals surface area contributed by atoms with Gasteiger partial charge in [-0.2, -0.15) is 0 Å². The molecule has 1 aliphatic carbocycles. The molecule has 0 radical (unpaired) electrons. The Kier molecular flexibility index (Phi) is 3.32. The first kappa shape index (κ1) is 12.6. The van der Waals surface area contributed by atoms with E-state index < -0.39 is 0 Å². The van der Waals surface area contributed by atoms with Gasteiger partial charge in [0, 0.05) is 5.57 Å². The van der Waals surface area contributed by atoms with Crippen molar-refractivity contribution in [3.8, 4) is 0 Å². The Bertz CT molecular complexity index is 562. The van der Waals surface area contributed by atoms with Crippen LogP contribution < -0.4 is 0 Å². The third-order valence-corrected chi connectivity index (χ3v) is 3.81. The number of carbonyl (C=O) groups is 2. The molecule has 3 nitrogen and oxygen atoms in total. The van der Waals surface area contributed by atoms with Gasteiger partial charge in [0.2, 0.25) is 5.78 Å². The van der Waals surface area contributed by atoms with E-state index >= 15 is 0 Å². The first-order valence-electron chi connectivity index (χ1n) is 5.09. The SMILES string of the molecule is CC(C)C1=C(Br)C(=O)c2nc(Br)ccc2C1=O. The number of nitrogens with zero attached hydrogens (tertiary/aromatic N) is 1. The molecule has 0 N–H and O–H groups in total. The van der Waals surface area contributed by atoms with Crippen molar-refractivity contribution < 1.29 is 9.59 Å². The normalized spacial score (nSPS) is 15.6. The summed E-state index contributed by atoms with van der Waals surface area (Å²) in [5.41, 5.74) is 1.11. The fourth-order valence-corrected chi connectivity index (χ4v) is 2.91. The van der Waals surface area contributed by atoms with Crippen molar-refractivity contribution in [2.24, 2.45) is 5.92 Å². The lowest BCUT2D eigenvalue weighted by Gasteiger charge is -2.19. The van der Waals surface area contributed by atoms with Crippen LogP contribution in [0.5, 0.6) is 0 Å². The highest BCUT2D eigenvalue weighted by Gasteiger charge is 2.33. The van der Waals surface area contributed by atoms with Crippen molar-refractivity contribution in [3.63, 3.8) is 0 Å². The van der Waals surface area contributed by atoms with E-state index in [1.165, 1.54) is 0 Å². The van der Waals surface area contributed by atoms with Crippen LogP contribution >= 0.6 is 31.9 Å². The van der Waals surface area contributed by atoms with Crippen LogP contribution in [0.4, 0.5) is 0 Å². The number of aromatic nitrogens is 1. The zero-order valence-electron chi connectivity index (χ0n) is 9.25. The zero-order valence-corrected chi connectivity index (χ0v) is 12.4. The molecule has 0 aromatic carbocycles. The lowest BCUT2D eigenvalue weighted by Crippen LogP contribution is -2.23. The van der Waals surface area contributed by atoms with Gasteiger partial charge in [0.15, 0.2) is 5.78 Å². The predicted molar refractivity (Wildman–Crippen MR) is 71.4 cm³/mol. The molecule has 0 atom stereocenters. The van der Waals surface area contributed by atoms with Gasteiger partial charge in [-0.3, -0.25) is 9.59 Å². The number of fused-ring (bicyclic) bond motifs is 1. The van der Waals surface area contributed by atoms with E-state index in [9.17, 15) is 9.59 Å². The maximum atomic E-state index is 12.2. The average molecular weight is 359 g/mol. The molecule has 1 aromatic rings. The number of pyridine rings is 1. The summed E-state index contributed by atoms with van der Waals surface area (Å²) in [6, 6.07) is 3.30. The van der Waals surface area contributed by atoms with Gasteiger partial charge in [0.1, 0.15) is 10.3 Å². The Labute approximate surface area is 116 Å². The van der Waals surface area contributed by atoms with Crippen LogP contribution in [0.3, 0.4) is 0 Å². The van der Waals surface area contributed by atoms with E-state index in [0.29, 0.717) is 20.2 Å². The molecule has 0 fully saturated rings. The third-order valence-electron chi connectivity index (χ3n) is 2.58. The van der Waals surface area contributed by atoms with Gasteiger partial charge in [0.25, 0.3) is 0 Å². The standard InChI is InChI=1S/C12H9Br2NO2/c1-5(2)8-9(14)12(17)10-6(11(8)16)3-4-7(13)15-10/h3-5H,1-2H3. The molecule has 0 saturated carbocycles. The maximum absolute atomic E-state index is 12.2. The first-order chi connectivity index (χ1) is 7.93. The highest BCUT2D eigenvalue weighted by atomic mass is 79.9. The largest absolute Gasteiger partial charge is 0.289 e. The average Bonchev–Trinajstić information content (AvgIpc) is 2.25. The van der Waals surface area contributed by atoms with E-state index in [0.717, 1.165) is 0 Å². The van der Waals surface area contributed by atoms with Gasteiger partial charge in [-0.1, -0.05) is 13.8 Å². The Morgan fingerprint density at radius 2 is 1.76 bits per heavy atom. The predicted octanol–water partition coefficient (Wildman–Crippen LogP) is 3.53. The van der Waals surface area contributed by atoms with Gasteiger partial charge in [-0.25, -0.2) is 4.98 Å². The van der Waals surface area contributed by atoms with Gasteiger partial charge < -0.3 is 0 Å². The number of hydrogen-bond donors (Lipinski definition) is 0. The minimum atomic E-state index is -0.232. The number of ketones is 2. The van der Waals surface area contributed by atoms with Crippen molar-refractivity contribution in [3.05, 3.63) is 38.0 Å². The lowest BCUT2D eigenvalue weighted by molar-refractivity contribution is 0.0971. The number of rotatable bonds is 1. The molecule has 0 spiro atoms. The summed E-state index contributed by atoms with van der Waals surface area (Å²) < 4.78 is 0.876. The van der Waals surface area contributed by atoms with E-state index in [4.69, 9.17) is 0 Å². The molecule has 2 rings (SSSR count). The van der Waals surface area contributed by atoms with Crippen LogP contribution in [0.1, 0.15) is 34.7 Å². The smallest absolute Gasteiger partial charge is 0.219 e. The van der Waals surface area contributed by atoms with Crippen LogP contribution in [0.15, 0.2) is 26.8 Å². The fraction of sp³-hybridized carbons (Fsp3) is 0.250. The maximum Gasteiger partial charge on any atom is 0.219 e. The molecule has 1 aromatic heterocycles. The molecule has 0 saturated heterocycles. The monoisotopic (exact) mass is 357 g/mol. The van der Waals surface area contributed by atoms with Crippen LogP contribution in [-0.2, 0) is 0 Å². The van der Waals surface area contributed by atoms with E-state index in [-0.39, 0.29) is 23.2 Å². The second kappa shape index (κ2) is 4.46. The molecule has 88 valence electrons. The van der Waals surface area contributed by atoms with Crippen molar-refractivity contribution in [1.29, 1.82) is 0 Å². The first-order valence-corrected chi connectivity index (χ1v) is 6.67. The van der Waals surface area contributed by atoms with Crippen LogP contribution in [0.2, 0.25) is 0 Å². The quantitative estimate of drug-likeness (QED) is 0.721. The van der Waals surface area contributed by atoms with Crippen molar-refractivity contribution in [2.75, 3.05) is 0 Å². The zero-order chi connectivity index (χ0) is 12.7. The number of allylic oxidation sites excluding steroid dienone is 2. The Morgan fingerprint density at radius 1 is 1.12 bits per heavy atom. The molecule has 17 heavy (non-hydrogen) atoms. The van der Waals surface area contributed by atoms with Crippen LogP contribution in [0.25, 0.3) is 0 Å². The van der Waals surface area contributed by atoms with Crippen LogP contribution in [0, 0.1) is 5.92 Å². The summed E-state index contributed by atoms with van der Waals surface area (Å²) >= 11 is 6.41. The van der Waals surface area contributed by atoms with Crippen LogP contribution in [-0.4, -0.2) is 16.6 Å². The molecule has 1 aliphatic rings. The van der Waals surface area contributed by atoms with E-state index in [2.05, 4.69) is 36.8 Å². The summed E-state index contributed by atoms with van der Waals surface area (Å²) in [5.74, 6) is -0.358. The highest BCUT2D eigenvalue weighted by molar-refractivity contribution is 9.12. The minimum Gasteiger partial charge on any atom is -0.289 e. The number of carbonyl (C=O) groups excluding carboxylic acids is 2. The molecular weight excluding hydrogens is 350 g/mol. The number of halogens is 2. The van der Waals surface area contributed by atoms with Crippen molar-refractivity contribution >= 4 is 43.4 Å². The molecule has 5 heteroatoms. The summed E-state index contributed by atoms with van der Waals surface area (Å²) in [5, 5.41) is 0. The molecule has 0 amide bonds. The molecule has 0 aliphatic heterocycles. The Balaban J connectivity index is 2.69. The topological polar surface area (TPSA) is 47.0 Å². The molecule has 0 bridgehead atoms. The summed E-state index contributed by atoms with van der Waals surface area (Å²) in [7, 11) is 0. The second-order valence-corrected chi connectivity index (χ2v) is 5.68. The summed E-state index contributed by atoms with van der Waals surface area (Å²) in [6.45, 7) is 3.78. The minimum absolute atomic E-state index is 0.00220. The fourth-order valence-electron chi connectivity index (χ4n) is 1.78. The van der Waals surface area contributed by atoms with Crippen molar-refractivity contribution in [1.82, 2.24) is 4.98 Å². The van der Waals surface area contributed by atoms with E-state index in [1.54, 1.807) is 12.1 Å². The second-order valence-electron chi connectivity index (χ2n) is 4.07. The molecular formula is C12H9Br2NO2. The van der Waals surface area contributed by atoms with E-state index in [1.807, 2.05) is 13.8 Å². The lowest BCUT2D eigenvalue weighted by atomic mass is 9.87. The number of Topliss-reactive ketones (excluding diaryl/α,β-unsaturated/α-hetero) is 2. The Hall–Kier alpha value is -0.810. The summed E-state index contributed by atoms with van der Waals surface area (Å²) in [6.07, 6.45) is 0.